The second kappa shape index (κ2) is 8.89. The average Bonchev–Trinajstić information content (AvgIpc) is 2.55. The third kappa shape index (κ3) is 5.23. The lowest BCUT2D eigenvalue weighted by Gasteiger charge is -2.24. The van der Waals surface area contributed by atoms with Gasteiger partial charge >= 0.3 is 6.18 Å². The van der Waals surface area contributed by atoms with Crippen LogP contribution >= 0.6 is 15.9 Å². The fourth-order valence-corrected chi connectivity index (χ4v) is 3.86. The first-order valence-corrected chi connectivity index (χ1v) is 9.53. The van der Waals surface area contributed by atoms with E-state index in [1.807, 2.05) is 18.2 Å². The maximum absolute atomic E-state index is 13.7. The quantitative estimate of drug-likeness (QED) is 0.315. The summed E-state index contributed by atoms with van der Waals surface area (Å²) in [5.41, 5.74) is 0.388. The Hall–Kier alpha value is -1.03. The smallest absolute Gasteiger partial charge is 0.170 e. The molecule has 0 aliphatic carbocycles. The van der Waals surface area contributed by atoms with E-state index < -0.39 is 12.1 Å². The lowest BCUT2D eigenvalue weighted by molar-refractivity contribution is -0.151. The molecule has 0 aliphatic rings. The lowest BCUT2D eigenvalue weighted by atomic mass is 9.88. The monoisotopic (exact) mass is 400 g/mol. The number of rotatable bonds is 8. The first kappa shape index (κ1) is 19.3. The highest BCUT2D eigenvalue weighted by Crippen LogP contribution is 2.42. The van der Waals surface area contributed by atoms with Gasteiger partial charge in [-0.25, -0.2) is 0 Å². The van der Waals surface area contributed by atoms with Crippen molar-refractivity contribution in [1.82, 2.24) is 0 Å². The van der Waals surface area contributed by atoms with Crippen LogP contribution in [0.15, 0.2) is 42.5 Å². The van der Waals surface area contributed by atoms with E-state index in [4.69, 9.17) is 0 Å². The van der Waals surface area contributed by atoms with Crippen LogP contribution in [-0.4, -0.2) is 11.0 Å². The summed E-state index contributed by atoms with van der Waals surface area (Å²) in [6, 6.07) is 12.5. The Morgan fingerprint density at radius 3 is 2.38 bits per heavy atom. The van der Waals surface area contributed by atoms with Crippen LogP contribution in [0.4, 0.5) is 13.2 Å². The van der Waals surface area contributed by atoms with Crippen molar-refractivity contribution in [1.29, 1.82) is 0 Å². The Morgan fingerprint density at radius 2 is 1.67 bits per heavy atom. The summed E-state index contributed by atoms with van der Waals surface area (Å²) in [6.45, 7) is 2.13. The molecule has 0 spiro atoms. The Morgan fingerprint density at radius 1 is 0.958 bits per heavy atom. The Bertz CT molecular complexity index is 631. The second-order valence-corrected chi connectivity index (χ2v) is 7.64. The molecular weight excluding hydrogens is 377 g/mol. The molecule has 0 saturated carbocycles. The zero-order valence-electron chi connectivity index (χ0n) is 14.0. The van der Waals surface area contributed by atoms with Gasteiger partial charge in [0.05, 0.1) is 5.92 Å². The molecule has 0 amide bonds. The van der Waals surface area contributed by atoms with Gasteiger partial charge in [0.2, 0.25) is 0 Å². The number of halogens is 4. The van der Waals surface area contributed by atoms with E-state index in [0.29, 0.717) is 10.9 Å². The predicted octanol–water partition coefficient (Wildman–Crippen LogP) is 7.61. The van der Waals surface area contributed by atoms with Crippen LogP contribution < -0.4 is 0 Å². The zero-order valence-corrected chi connectivity index (χ0v) is 15.5. The van der Waals surface area contributed by atoms with Gasteiger partial charge in [-0.15, -0.1) is 0 Å². The molecule has 24 heavy (non-hydrogen) atoms. The fraction of sp³-hybridized carbons (Fsp3) is 0.500. The van der Waals surface area contributed by atoms with E-state index in [-0.39, 0.29) is 11.2 Å². The molecule has 0 unspecified atom stereocenters. The molecule has 0 aliphatic heterocycles. The van der Waals surface area contributed by atoms with E-state index in [1.54, 1.807) is 24.3 Å². The van der Waals surface area contributed by atoms with Crippen LogP contribution in [0.5, 0.6) is 0 Å². The van der Waals surface area contributed by atoms with Gasteiger partial charge in [0.15, 0.2) is 0 Å². The van der Waals surface area contributed by atoms with Crippen molar-refractivity contribution in [3.63, 3.8) is 0 Å². The number of alkyl halides is 4. The molecule has 0 N–H and O–H groups in total. The molecule has 2 rings (SSSR count). The third-order valence-corrected chi connectivity index (χ3v) is 5.29. The summed E-state index contributed by atoms with van der Waals surface area (Å²) in [5.74, 6) is -1.43. The molecule has 2 aromatic rings. The molecule has 0 radical (unpaired) electrons. The van der Waals surface area contributed by atoms with Crippen molar-refractivity contribution < 1.29 is 13.2 Å². The predicted molar refractivity (Wildman–Crippen MR) is 98.8 cm³/mol. The highest BCUT2D eigenvalue weighted by atomic mass is 79.9. The van der Waals surface area contributed by atoms with Crippen LogP contribution in [0.2, 0.25) is 0 Å². The normalized spacial score (nSPS) is 14.7. The van der Waals surface area contributed by atoms with Crippen LogP contribution in [0.1, 0.15) is 56.9 Å². The van der Waals surface area contributed by atoms with Crippen LogP contribution in [-0.2, 0) is 0 Å². The Kier molecular flexibility index (Phi) is 7.15. The van der Waals surface area contributed by atoms with Crippen molar-refractivity contribution in [3.05, 3.63) is 48.0 Å². The molecule has 4 heteroatoms. The summed E-state index contributed by atoms with van der Waals surface area (Å²) in [4.78, 5) is -0.111. The summed E-state index contributed by atoms with van der Waals surface area (Å²) in [7, 11) is 0. The maximum Gasteiger partial charge on any atom is 0.395 e. The van der Waals surface area contributed by atoms with Crippen molar-refractivity contribution in [2.45, 2.75) is 62.4 Å². The molecule has 0 fully saturated rings. The summed E-state index contributed by atoms with van der Waals surface area (Å²) in [5, 5.41) is 1.56. The van der Waals surface area contributed by atoms with Gasteiger partial charge < -0.3 is 0 Å². The number of benzene rings is 2. The van der Waals surface area contributed by atoms with E-state index in [2.05, 4.69) is 22.9 Å². The minimum atomic E-state index is -4.24. The summed E-state index contributed by atoms with van der Waals surface area (Å²) < 4.78 is 41.1. The molecule has 0 bridgehead atoms. The second-order valence-electron chi connectivity index (χ2n) is 6.34. The molecule has 0 saturated heterocycles. The van der Waals surface area contributed by atoms with Gasteiger partial charge in [0, 0.05) is 4.83 Å². The van der Waals surface area contributed by atoms with Crippen molar-refractivity contribution >= 4 is 26.7 Å². The van der Waals surface area contributed by atoms with Gasteiger partial charge in [-0.05, 0) is 29.2 Å². The Balaban J connectivity index is 2.19. The van der Waals surface area contributed by atoms with Gasteiger partial charge in [-0.2, -0.15) is 13.2 Å². The van der Waals surface area contributed by atoms with Crippen molar-refractivity contribution in [2.24, 2.45) is 0 Å². The minimum Gasteiger partial charge on any atom is -0.170 e. The van der Waals surface area contributed by atoms with E-state index in [0.717, 1.165) is 37.5 Å². The zero-order chi connectivity index (χ0) is 17.6. The molecule has 0 nitrogen and oxygen atoms in total. The highest BCUT2D eigenvalue weighted by Gasteiger charge is 2.42. The first-order valence-electron chi connectivity index (χ1n) is 8.62. The van der Waals surface area contributed by atoms with E-state index in [9.17, 15) is 13.2 Å². The first-order chi connectivity index (χ1) is 11.4. The number of hydrogen-bond donors (Lipinski definition) is 0. The molecule has 2 atom stereocenters. The molecule has 132 valence electrons. The van der Waals surface area contributed by atoms with Crippen LogP contribution in [0.25, 0.3) is 10.8 Å². The SMILES string of the molecule is CCCCCC[C@H](Br)C[C@@H](c1cccc2ccccc12)C(F)(F)F. The van der Waals surface area contributed by atoms with Crippen molar-refractivity contribution in [3.8, 4) is 0 Å². The fourth-order valence-electron chi connectivity index (χ4n) is 3.16. The third-order valence-electron chi connectivity index (χ3n) is 4.46. The topological polar surface area (TPSA) is 0 Å². The van der Waals surface area contributed by atoms with Gasteiger partial charge in [-0.3, -0.25) is 0 Å². The number of fused-ring (bicyclic) bond motifs is 1. The number of unbranched alkanes of at least 4 members (excludes halogenated alkanes) is 3. The maximum atomic E-state index is 13.7. The van der Waals surface area contributed by atoms with Gasteiger partial charge in [0.25, 0.3) is 0 Å². The van der Waals surface area contributed by atoms with Crippen LogP contribution in [0, 0.1) is 0 Å². The average molecular weight is 401 g/mol. The number of hydrogen-bond acceptors (Lipinski definition) is 0. The largest absolute Gasteiger partial charge is 0.395 e. The summed E-state index contributed by atoms with van der Waals surface area (Å²) >= 11 is 3.48. The highest BCUT2D eigenvalue weighted by molar-refractivity contribution is 9.09. The van der Waals surface area contributed by atoms with Crippen molar-refractivity contribution in [2.75, 3.05) is 0 Å². The summed E-state index contributed by atoms with van der Waals surface area (Å²) in [6.07, 6.45) is 0.980. The van der Waals surface area contributed by atoms with E-state index >= 15 is 0 Å². The standard InChI is InChI=1S/C20H24BrF3/c1-2-3-4-5-11-16(21)14-19(20(22,23)24)18-13-8-10-15-9-6-7-12-17(15)18/h6-10,12-13,16,19H,2-5,11,14H2,1H3/t16-,19-/m0/s1. The Labute approximate surface area is 150 Å². The molecular formula is C20H24BrF3. The van der Waals surface area contributed by atoms with Crippen LogP contribution in [0.3, 0.4) is 0 Å². The van der Waals surface area contributed by atoms with Gasteiger partial charge in [-0.1, -0.05) is 91.0 Å². The lowest BCUT2D eigenvalue weighted by Crippen LogP contribution is -2.24. The molecule has 0 aromatic heterocycles. The van der Waals surface area contributed by atoms with Gasteiger partial charge in [0.1, 0.15) is 0 Å². The van der Waals surface area contributed by atoms with E-state index in [1.165, 1.54) is 0 Å². The molecule has 2 aromatic carbocycles. The molecule has 0 heterocycles. The minimum absolute atomic E-state index is 0.0869.